The summed E-state index contributed by atoms with van der Waals surface area (Å²) in [6, 6.07) is 0. The maximum atomic E-state index is 11.6. The van der Waals surface area contributed by atoms with Crippen molar-refractivity contribution in [1.82, 2.24) is 5.32 Å². The first-order chi connectivity index (χ1) is 7.25. The molecule has 94 valence electrons. The Balaban J connectivity index is 3.79. The predicted molar refractivity (Wildman–Crippen MR) is 51.3 cm³/mol. The molecular formula is C9H15F2NO4. The number of carboxylic acids is 1. The van der Waals surface area contributed by atoms with Crippen LogP contribution >= 0.6 is 0 Å². The molecule has 2 N–H and O–H groups in total. The molecule has 7 heteroatoms. The SMILES string of the molecule is CC(C)(NC(=O)CCOCC(F)F)C(=O)O. The zero-order valence-corrected chi connectivity index (χ0v) is 9.13. The highest BCUT2D eigenvalue weighted by atomic mass is 19.3. The molecule has 0 saturated heterocycles. The first-order valence-electron chi connectivity index (χ1n) is 4.66. The van der Waals surface area contributed by atoms with Crippen LogP contribution in [0.25, 0.3) is 0 Å². The van der Waals surface area contributed by atoms with E-state index in [-0.39, 0.29) is 13.0 Å². The number of amides is 1. The van der Waals surface area contributed by atoms with E-state index in [0.717, 1.165) is 0 Å². The first kappa shape index (κ1) is 14.8. The Morgan fingerprint density at radius 2 is 2.00 bits per heavy atom. The zero-order valence-electron chi connectivity index (χ0n) is 9.13. The van der Waals surface area contributed by atoms with E-state index in [1.807, 2.05) is 0 Å². The van der Waals surface area contributed by atoms with Gasteiger partial charge in [0.25, 0.3) is 6.43 Å². The van der Waals surface area contributed by atoms with Gasteiger partial charge in [0.05, 0.1) is 6.61 Å². The summed E-state index contributed by atoms with van der Waals surface area (Å²) in [6.07, 6.45) is -2.72. The second-order valence-corrected chi connectivity index (χ2v) is 3.69. The third-order valence-electron chi connectivity index (χ3n) is 1.70. The molecule has 0 aliphatic rings. The molecular weight excluding hydrogens is 224 g/mol. The number of hydrogen-bond acceptors (Lipinski definition) is 3. The monoisotopic (exact) mass is 239 g/mol. The summed E-state index contributed by atoms with van der Waals surface area (Å²) < 4.78 is 27.7. The van der Waals surface area contributed by atoms with Gasteiger partial charge in [0.15, 0.2) is 0 Å². The van der Waals surface area contributed by atoms with Crippen molar-refractivity contribution in [2.45, 2.75) is 32.2 Å². The van der Waals surface area contributed by atoms with Gasteiger partial charge in [-0.15, -0.1) is 0 Å². The van der Waals surface area contributed by atoms with Gasteiger partial charge in [-0.3, -0.25) is 4.79 Å². The zero-order chi connectivity index (χ0) is 12.8. The number of nitrogens with one attached hydrogen (secondary N) is 1. The van der Waals surface area contributed by atoms with Crippen molar-refractivity contribution in [3.8, 4) is 0 Å². The van der Waals surface area contributed by atoms with Crippen molar-refractivity contribution < 1.29 is 28.2 Å². The molecule has 0 heterocycles. The molecule has 0 radical (unpaired) electrons. The summed E-state index contributed by atoms with van der Waals surface area (Å²) in [5.41, 5.74) is -1.38. The van der Waals surface area contributed by atoms with Crippen LogP contribution in [0.3, 0.4) is 0 Å². The average Bonchev–Trinajstić information content (AvgIpc) is 2.11. The van der Waals surface area contributed by atoms with Crippen molar-refractivity contribution in [1.29, 1.82) is 0 Å². The molecule has 0 fully saturated rings. The van der Waals surface area contributed by atoms with Crippen LogP contribution in [0.1, 0.15) is 20.3 Å². The van der Waals surface area contributed by atoms with Crippen molar-refractivity contribution in [2.24, 2.45) is 0 Å². The summed E-state index contributed by atoms with van der Waals surface area (Å²) in [7, 11) is 0. The van der Waals surface area contributed by atoms with E-state index < -0.39 is 30.4 Å². The molecule has 0 bridgehead atoms. The van der Waals surface area contributed by atoms with Gasteiger partial charge in [-0.1, -0.05) is 0 Å². The van der Waals surface area contributed by atoms with Crippen LogP contribution in [0.5, 0.6) is 0 Å². The minimum Gasteiger partial charge on any atom is -0.480 e. The maximum absolute atomic E-state index is 11.6. The third-order valence-corrected chi connectivity index (χ3v) is 1.70. The van der Waals surface area contributed by atoms with Gasteiger partial charge in [-0.2, -0.15) is 0 Å². The lowest BCUT2D eigenvalue weighted by molar-refractivity contribution is -0.146. The lowest BCUT2D eigenvalue weighted by atomic mass is 10.1. The quantitative estimate of drug-likeness (QED) is 0.639. The topological polar surface area (TPSA) is 75.6 Å². The fourth-order valence-corrected chi connectivity index (χ4v) is 0.802. The second kappa shape index (κ2) is 6.37. The van der Waals surface area contributed by atoms with Crippen LogP contribution in [0, 0.1) is 0 Å². The Morgan fingerprint density at radius 3 is 2.44 bits per heavy atom. The number of carboxylic acid groups (broad SMARTS) is 1. The highest BCUT2D eigenvalue weighted by Gasteiger charge is 2.28. The highest BCUT2D eigenvalue weighted by Crippen LogP contribution is 2.02. The molecule has 0 spiro atoms. The summed E-state index contributed by atoms with van der Waals surface area (Å²) in [5.74, 6) is -1.73. The minimum atomic E-state index is -2.57. The second-order valence-electron chi connectivity index (χ2n) is 3.69. The summed E-state index contributed by atoms with van der Waals surface area (Å²) in [6.45, 7) is 1.77. The summed E-state index contributed by atoms with van der Waals surface area (Å²) in [4.78, 5) is 21.8. The van der Waals surface area contributed by atoms with E-state index in [2.05, 4.69) is 10.1 Å². The Hall–Kier alpha value is -1.24. The number of ether oxygens (including phenoxy) is 1. The number of aliphatic carboxylic acids is 1. The average molecular weight is 239 g/mol. The minimum absolute atomic E-state index is 0.149. The summed E-state index contributed by atoms with van der Waals surface area (Å²) >= 11 is 0. The maximum Gasteiger partial charge on any atom is 0.328 e. The van der Waals surface area contributed by atoms with E-state index in [0.29, 0.717) is 0 Å². The normalized spacial score (nSPS) is 11.6. The number of carbonyl (C=O) groups is 2. The Morgan fingerprint density at radius 1 is 1.44 bits per heavy atom. The molecule has 0 saturated carbocycles. The standard InChI is InChI=1S/C9H15F2NO4/c1-9(2,8(14)15)12-7(13)3-4-16-5-6(10)11/h6H,3-5H2,1-2H3,(H,12,13)(H,14,15). The fraction of sp³-hybridized carbons (Fsp3) is 0.778. The molecule has 1 amide bonds. The molecule has 0 aromatic carbocycles. The number of carbonyl (C=O) groups excluding carboxylic acids is 1. The molecule has 5 nitrogen and oxygen atoms in total. The van der Waals surface area contributed by atoms with E-state index in [4.69, 9.17) is 5.11 Å². The lowest BCUT2D eigenvalue weighted by Crippen LogP contribution is -2.49. The summed E-state index contributed by atoms with van der Waals surface area (Å²) in [5, 5.41) is 10.9. The Labute approximate surface area is 91.8 Å². The van der Waals surface area contributed by atoms with Gasteiger partial charge in [0.2, 0.25) is 5.91 Å². The van der Waals surface area contributed by atoms with Crippen LogP contribution in [0.2, 0.25) is 0 Å². The van der Waals surface area contributed by atoms with Crippen molar-refractivity contribution in [2.75, 3.05) is 13.2 Å². The van der Waals surface area contributed by atoms with Gasteiger partial charge in [0, 0.05) is 6.42 Å². The Kier molecular flexibility index (Phi) is 5.87. The fourth-order valence-electron chi connectivity index (χ4n) is 0.802. The predicted octanol–water partition coefficient (Wildman–Crippen LogP) is 0.638. The number of alkyl halides is 2. The Bertz CT molecular complexity index is 256. The molecule has 0 aromatic heterocycles. The van der Waals surface area contributed by atoms with E-state index in [1.54, 1.807) is 0 Å². The number of rotatable bonds is 7. The molecule has 0 aromatic rings. The van der Waals surface area contributed by atoms with Gasteiger partial charge in [-0.25, -0.2) is 13.6 Å². The van der Waals surface area contributed by atoms with Crippen molar-refractivity contribution >= 4 is 11.9 Å². The van der Waals surface area contributed by atoms with Crippen LogP contribution in [0.15, 0.2) is 0 Å². The van der Waals surface area contributed by atoms with Crippen molar-refractivity contribution in [3.63, 3.8) is 0 Å². The van der Waals surface area contributed by atoms with Crippen LogP contribution in [-0.4, -0.2) is 42.2 Å². The number of halogens is 2. The van der Waals surface area contributed by atoms with Crippen LogP contribution in [-0.2, 0) is 14.3 Å². The molecule has 16 heavy (non-hydrogen) atoms. The van der Waals surface area contributed by atoms with E-state index in [9.17, 15) is 18.4 Å². The molecule has 0 aliphatic carbocycles. The van der Waals surface area contributed by atoms with Crippen LogP contribution in [0.4, 0.5) is 8.78 Å². The highest BCUT2D eigenvalue weighted by molar-refractivity contribution is 5.86. The van der Waals surface area contributed by atoms with Gasteiger partial charge >= 0.3 is 5.97 Å². The molecule has 0 unspecified atom stereocenters. The van der Waals surface area contributed by atoms with E-state index in [1.165, 1.54) is 13.8 Å². The number of hydrogen-bond donors (Lipinski definition) is 2. The molecule has 0 rings (SSSR count). The molecule has 0 atom stereocenters. The smallest absolute Gasteiger partial charge is 0.328 e. The lowest BCUT2D eigenvalue weighted by Gasteiger charge is -2.20. The molecule has 0 aliphatic heterocycles. The van der Waals surface area contributed by atoms with Crippen LogP contribution < -0.4 is 5.32 Å². The largest absolute Gasteiger partial charge is 0.480 e. The first-order valence-corrected chi connectivity index (χ1v) is 4.66. The van der Waals surface area contributed by atoms with Gasteiger partial charge < -0.3 is 15.2 Å². The van der Waals surface area contributed by atoms with Gasteiger partial charge in [0.1, 0.15) is 12.1 Å². The van der Waals surface area contributed by atoms with Gasteiger partial charge in [-0.05, 0) is 13.8 Å². The van der Waals surface area contributed by atoms with Crippen molar-refractivity contribution in [3.05, 3.63) is 0 Å². The third kappa shape index (κ3) is 6.28. The van der Waals surface area contributed by atoms with E-state index >= 15 is 0 Å².